The highest BCUT2D eigenvalue weighted by Crippen LogP contribution is 2.31. The van der Waals surface area contributed by atoms with Gasteiger partial charge in [-0.1, -0.05) is 12.1 Å². The van der Waals surface area contributed by atoms with E-state index in [2.05, 4.69) is 0 Å². The molecule has 2 unspecified atom stereocenters. The topological polar surface area (TPSA) is 74.3 Å². The van der Waals surface area contributed by atoms with Gasteiger partial charge in [0.05, 0.1) is 27.9 Å². The zero-order chi connectivity index (χ0) is 21.0. The van der Waals surface area contributed by atoms with E-state index >= 15 is 0 Å². The first-order valence-corrected chi connectivity index (χ1v) is 9.00. The number of esters is 1. The van der Waals surface area contributed by atoms with Crippen LogP contribution < -0.4 is 14.2 Å². The molecule has 3 rings (SSSR count). The molecule has 0 aliphatic carbocycles. The van der Waals surface area contributed by atoms with Crippen LogP contribution in [0.4, 0.5) is 4.39 Å². The van der Waals surface area contributed by atoms with Gasteiger partial charge in [-0.25, -0.2) is 9.18 Å². The molecule has 1 aliphatic rings. The second-order valence-electron chi connectivity index (χ2n) is 6.47. The Morgan fingerprint density at radius 2 is 1.72 bits per heavy atom. The van der Waals surface area contributed by atoms with E-state index in [0.29, 0.717) is 17.1 Å². The number of nitrogens with zero attached hydrogens (tertiary/aromatic N) is 1. The number of halogens is 1. The maximum absolute atomic E-state index is 13.9. The molecule has 1 fully saturated rings. The van der Waals surface area contributed by atoms with Crippen molar-refractivity contribution in [2.45, 2.75) is 18.6 Å². The quantitative estimate of drug-likeness (QED) is 0.691. The van der Waals surface area contributed by atoms with E-state index in [1.54, 1.807) is 30.3 Å². The summed E-state index contributed by atoms with van der Waals surface area (Å²) in [6.07, 6.45) is -0.361. The fourth-order valence-corrected chi connectivity index (χ4v) is 3.32. The van der Waals surface area contributed by atoms with Crippen LogP contribution in [0.1, 0.15) is 16.8 Å². The molecule has 0 saturated carbocycles. The molecule has 0 bridgehead atoms. The number of rotatable bonds is 6. The maximum Gasteiger partial charge on any atom is 0.328 e. The van der Waals surface area contributed by atoms with Gasteiger partial charge in [0.15, 0.2) is 23.1 Å². The van der Waals surface area contributed by atoms with Crippen molar-refractivity contribution < 1.29 is 32.9 Å². The Balaban J connectivity index is 1.84. The number of ether oxygens (including phenoxy) is 4. The highest BCUT2D eigenvalue weighted by molar-refractivity contribution is 5.97. The lowest BCUT2D eigenvalue weighted by Gasteiger charge is -2.22. The van der Waals surface area contributed by atoms with Gasteiger partial charge in [0.25, 0.3) is 5.91 Å². The summed E-state index contributed by atoms with van der Waals surface area (Å²) in [5, 5.41) is 0. The summed E-state index contributed by atoms with van der Waals surface area (Å²) in [7, 11) is 4.22. The van der Waals surface area contributed by atoms with Crippen LogP contribution in [0.3, 0.4) is 0 Å². The molecule has 2 aromatic carbocycles. The largest absolute Gasteiger partial charge is 0.493 e. The van der Waals surface area contributed by atoms with Gasteiger partial charge in [0, 0.05) is 12.0 Å². The lowest BCUT2D eigenvalue weighted by Crippen LogP contribution is -2.41. The van der Waals surface area contributed by atoms with E-state index < -0.39 is 23.9 Å². The van der Waals surface area contributed by atoms with E-state index in [9.17, 15) is 14.0 Å². The molecular weight excluding hydrogens is 381 g/mol. The molecule has 8 heteroatoms. The monoisotopic (exact) mass is 403 g/mol. The van der Waals surface area contributed by atoms with Crippen molar-refractivity contribution in [2.24, 2.45) is 0 Å². The van der Waals surface area contributed by atoms with Gasteiger partial charge in [-0.2, -0.15) is 0 Å². The van der Waals surface area contributed by atoms with Gasteiger partial charge >= 0.3 is 5.97 Å². The van der Waals surface area contributed by atoms with Crippen LogP contribution in [-0.2, 0) is 9.53 Å². The van der Waals surface area contributed by atoms with E-state index in [4.69, 9.17) is 18.9 Å². The molecule has 0 spiro atoms. The fourth-order valence-electron chi connectivity index (χ4n) is 3.32. The maximum atomic E-state index is 13.9. The predicted octanol–water partition coefficient (Wildman–Crippen LogP) is 2.68. The van der Waals surface area contributed by atoms with Gasteiger partial charge in [-0.15, -0.1) is 0 Å². The van der Waals surface area contributed by atoms with Crippen molar-refractivity contribution >= 4 is 11.9 Å². The minimum atomic E-state index is -0.836. The second kappa shape index (κ2) is 8.81. The molecule has 2 aromatic rings. The van der Waals surface area contributed by atoms with Crippen molar-refractivity contribution in [3.63, 3.8) is 0 Å². The first-order chi connectivity index (χ1) is 14.0. The average Bonchev–Trinajstić information content (AvgIpc) is 3.17. The smallest absolute Gasteiger partial charge is 0.328 e. The number of hydrogen-bond acceptors (Lipinski definition) is 6. The molecule has 0 radical (unpaired) electrons. The first kappa shape index (κ1) is 20.4. The number of methoxy groups -OCH3 is 3. The number of hydrogen-bond donors (Lipinski definition) is 0. The number of carbonyl (C=O) groups is 2. The van der Waals surface area contributed by atoms with Crippen LogP contribution in [0, 0.1) is 5.82 Å². The minimum Gasteiger partial charge on any atom is -0.493 e. The Morgan fingerprint density at radius 1 is 1.00 bits per heavy atom. The number of likely N-dealkylation sites (tertiary alicyclic amines) is 1. The summed E-state index contributed by atoms with van der Waals surface area (Å²) in [6, 6.07) is 9.90. The normalized spacial score (nSPS) is 18.3. The third-order valence-electron chi connectivity index (χ3n) is 4.76. The van der Waals surface area contributed by atoms with Crippen LogP contribution in [0.2, 0.25) is 0 Å². The van der Waals surface area contributed by atoms with Crippen LogP contribution in [0.5, 0.6) is 17.2 Å². The number of amides is 1. The zero-order valence-electron chi connectivity index (χ0n) is 16.4. The van der Waals surface area contributed by atoms with Crippen LogP contribution >= 0.6 is 0 Å². The third-order valence-corrected chi connectivity index (χ3v) is 4.76. The summed E-state index contributed by atoms with van der Waals surface area (Å²) in [6.45, 7) is 0.112. The molecule has 1 saturated heterocycles. The Kier molecular flexibility index (Phi) is 6.21. The number of para-hydroxylation sites is 1. The Hall–Kier alpha value is -3.29. The number of benzene rings is 2. The van der Waals surface area contributed by atoms with Gasteiger partial charge in [0.1, 0.15) is 12.1 Å². The van der Waals surface area contributed by atoms with E-state index in [0.717, 1.165) is 0 Å². The van der Waals surface area contributed by atoms with Gasteiger partial charge < -0.3 is 23.8 Å². The van der Waals surface area contributed by atoms with E-state index in [1.165, 1.54) is 38.4 Å². The summed E-state index contributed by atoms with van der Waals surface area (Å²) in [5.41, 5.74) is 0.322. The van der Waals surface area contributed by atoms with Crippen molar-refractivity contribution in [3.8, 4) is 17.2 Å². The molecule has 1 aliphatic heterocycles. The van der Waals surface area contributed by atoms with Gasteiger partial charge in [-0.05, 0) is 30.3 Å². The standard InChI is InChI=1S/C21H22FNO6/c1-26-18-9-8-13(10-19(18)27-2)20(24)23-12-14(11-16(23)21(25)28-3)29-17-7-5-4-6-15(17)22/h4-10,14,16H,11-12H2,1-3H3. The molecule has 7 nitrogen and oxygen atoms in total. The highest BCUT2D eigenvalue weighted by atomic mass is 19.1. The molecule has 0 N–H and O–H groups in total. The van der Waals surface area contributed by atoms with Gasteiger partial charge in [0.2, 0.25) is 0 Å². The second-order valence-corrected chi connectivity index (χ2v) is 6.47. The van der Waals surface area contributed by atoms with Gasteiger partial charge in [-0.3, -0.25) is 4.79 Å². The highest BCUT2D eigenvalue weighted by Gasteiger charge is 2.42. The lowest BCUT2D eigenvalue weighted by molar-refractivity contribution is -0.145. The van der Waals surface area contributed by atoms with Crippen LogP contribution in [-0.4, -0.2) is 56.8 Å². The summed E-state index contributed by atoms with van der Waals surface area (Å²) in [5.74, 6) is -0.505. The summed E-state index contributed by atoms with van der Waals surface area (Å²) < 4.78 is 34.9. The summed E-state index contributed by atoms with van der Waals surface area (Å²) in [4.78, 5) is 26.7. The number of carbonyl (C=O) groups excluding carboxylic acids is 2. The third kappa shape index (κ3) is 4.26. The van der Waals surface area contributed by atoms with Crippen molar-refractivity contribution in [3.05, 3.63) is 53.8 Å². The minimum absolute atomic E-state index is 0.0709. The molecule has 1 heterocycles. The molecule has 2 atom stereocenters. The molecular formula is C21H22FNO6. The Bertz CT molecular complexity index is 902. The summed E-state index contributed by atoms with van der Waals surface area (Å²) >= 11 is 0. The average molecular weight is 403 g/mol. The lowest BCUT2D eigenvalue weighted by atomic mass is 10.1. The van der Waals surface area contributed by atoms with Crippen LogP contribution in [0.25, 0.3) is 0 Å². The fraction of sp³-hybridized carbons (Fsp3) is 0.333. The van der Waals surface area contributed by atoms with Crippen molar-refractivity contribution in [1.29, 1.82) is 0 Å². The first-order valence-electron chi connectivity index (χ1n) is 9.00. The molecule has 1 amide bonds. The van der Waals surface area contributed by atoms with Crippen molar-refractivity contribution in [1.82, 2.24) is 4.90 Å². The predicted molar refractivity (Wildman–Crippen MR) is 102 cm³/mol. The van der Waals surface area contributed by atoms with E-state index in [1.807, 2.05) is 0 Å². The molecule has 29 heavy (non-hydrogen) atoms. The van der Waals surface area contributed by atoms with Crippen LogP contribution in [0.15, 0.2) is 42.5 Å². The zero-order valence-corrected chi connectivity index (χ0v) is 16.4. The Labute approximate surface area is 167 Å². The SMILES string of the molecule is COC(=O)C1CC(Oc2ccccc2F)CN1C(=O)c1ccc(OC)c(OC)c1. The Morgan fingerprint density at radius 3 is 2.38 bits per heavy atom. The van der Waals surface area contributed by atoms with Crippen molar-refractivity contribution in [2.75, 3.05) is 27.9 Å². The molecule has 0 aromatic heterocycles. The molecule has 154 valence electrons. The van der Waals surface area contributed by atoms with E-state index in [-0.39, 0.29) is 24.6 Å².